The molecule has 0 radical (unpaired) electrons. The molecule has 52 valence electrons. The third kappa shape index (κ3) is 1.16. The van der Waals surface area contributed by atoms with E-state index in [1.54, 1.807) is 18.5 Å². The molecule has 0 saturated carbocycles. The van der Waals surface area contributed by atoms with Crippen LogP contribution < -0.4 is 0 Å². The molecule has 0 atom stereocenters. The van der Waals surface area contributed by atoms with Crippen LogP contribution in [-0.4, -0.2) is 11.3 Å². The van der Waals surface area contributed by atoms with Crippen LogP contribution in [0.4, 0.5) is 0 Å². The Bertz CT molecular complexity index is 234. The highest BCUT2D eigenvalue weighted by molar-refractivity contribution is 6.06. The Balaban J connectivity index is 2.95. The maximum atomic E-state index is 10.4. The summed E-state index contributed by atoms with van der Waals surface area (Å²) in [5, 5.41) is 0. The Kier molecular flexibility index (Phi) is 2.05. The van der Waals surface area contributed by atoms with Gasteiger partial charge in [-0.3, -0.25) is 4.79 Å². The summed E-state index contributed by atoms with van der Waals surface area (Å²) in [5.41, 5.74) is 1.67. The van der Waals surface area contributed by atoms with Gasteiger partial charge in [-0.1, -0.05) is 6.08 Å². The van der Waals surface area contributed by atoms with Gasteiger partial charge in [-0.25, -0.2) is 0 Å². The molecule has 10 heavy (non-hydrogen) atoms. The minimum absolute atomic E-state index is 0.723. The van der Waals surface area contributed by atoms with Crippen LogP contribution in [0.2, 0.25) is 0 Å². The number of carbonyl (C=O) groups is 1. The molecule has 0 aromatic carbocycles. The molecular weight excluding hydrogens is 126 g/mol. The largest absolute Gasteiger partial charge is 0.367 e. The van der Waals surface area contributed by atoms with E-state index in [1.165, 1.54) is 0 Å². The van der Waals surface area contributed by atoms with Crippen LogP contribution in [0.5, 0.6) is 0 Å². The van der Waals surface area contributed by atoms with Gasteiger partial charge in [0.2, 0.25) is 0 Å². The summed E-state index contributed by atoms with van der Waals surface area (Å²) in [6.07, 6.45) is 6.23. The minimum atomic E-state index is 0.723. The van der Waals surface area contributed by atoms with Crippen molar-refractivity contribution in [3.05, 3.63) is 30.1 Å². The molecule has 1 rings (SSSR count). The standard InChI is InChI=1S/C8H9NO/c1-2-7(6-10)8-3-4-9-5-8/h2-6,9H,1H3. The molecule has 0 amide bonds. The molecule has 2 heteroatoms. The average molecular weight is 135 g/mol. The molecule has 1 aromatic rings. The number of aromatic amines is 1. The summed E-state index contributed by atoms with van der Waals surface area (Å²) < 4.78 is 0. The van der Waals surface area contributed by atoms with E-state index in [9.17, 15) is 4.79 Å². The van der Waals surface area contributed by atoms with Crippen molar-refractivity contribution >= 4 is 11.9 Å². The molecule has 1 N–H and O–H groups in total. The molecule has 0 unspecified atom stereocenters. The molecule has 1 heterocycles. The van der Waals surface area contributed by atoms with E-state index in [0.29, 0.717) is 0 Å². The molecule has 0 saturated heterocycles. The lowest BCUT2D eigenvalue weighted by Gasteiger charge is -1.89. The number of rotatable bonds is 2. The van der Waals surface area contributed by atoms with Crippen molar-refractivity contribution in [2.45, 2.75) is 6.92 Å². The van der Waals surface area contributed by atoms with E-state index in [-0.39, 0.29) is 0 Å². The minimum Gasteiger partial charge on any atom is -0.367 e. The number of nitrogens with one attached hydrogen (secondary N) is 1. The maximum absolute atomic E-state index is 10.4. The SMILES string of the molecule is CC=C(C=O)c1cc[nH]c1. The van der Waals surface area contributed by atoms with Gasteiger partial charge in [0.25, 0.3) is 0 Å². The number of aromatic nitrogens is 1. The summed E-state index contributed by atoms with van der Waals surface area (Å²) in [5.74, 6) is 0. The van der Waals surface area contributed by atoms with Crippen molar-refractivity contribution in [1.29, 1.82) is 0 Å². The van der Waals surface area contributed by atoms with E-state index in [4.69, 9.17) is 0 Å². The van der Waals surface area contributed by atoms with Crippen LogP contribution in [0.25, 0.3) is 5.57 Å². The third-order valence-corrected chi connectivity index (χ3v) is 1.37. The fraction of sp³-hybridized carbons (Fsp3) is 0.125. The Hall–Kier alpha value is -1.31. The second-order valence-corrected chi connectivity index (χ2v) is 1.96. The van der Waals surface area contributed by atoms with Crippen molar-refractivity contribution in [2.75, 3.05) is 0 Å². The van der Waals surface area contributed by atoms with Crippen molar-refractivity contribution in [3.8, 4) is 0 Å². The van der Waals surface area contributed by atoms with Gasteiger partial charge >= 0.3 is 0 Å². The summed E-state index contributed by atoms with van der Waals surface area (Å²) in [7, 11) is 0. The predicted molar refractivity (Wildman–Crippen MR) is 40.5 cm³/mol. The first kappa shape index (κ1) is 6.81. The fourth-order valence-electron chi connectivity index (χ4n) is 0.806. The number of H-pyrrole nitrogens is 1. The van der Waals surface area contributed by atoms with Crippen LogP contribution in [0, 0.1) is 0 Å². The van der Waals surface area contributed by atoms with Crippen molar-refractivity contribution in [3.63, 3.8) is 0 Å². The Morgan fingerprint density at radius 2 is 2.50 bits per heavy atom. The van der Waals surface area contributed by atoms with Crippen molar-refractivity contribution < 1.29 is 4.79 Å². The van der Waals surface area contributed by atoms with Crippen LogP contribution in [0.3, 0.4) is 0 Å². The van der Waals surface area contributed by atoms with E-state index in [0.717, 1.165) is 17.4 Å². The van der Waals surface area contributed by atoms with E-state index in [2.05, 4.69) is 4.98 Å². The monoisotopic (exact) mass is 135 g/mol. The quantitative estimate of drug-likeness (QED) is 0.485. The second kappa shape index (κ2) is 3.01. The number of carbonyl (C=O) groups excluding carboxylic acids is 1. The fourth-order valence-corrected chi connectivity index (χ4v) is 0.806. The third-order valence-electron chi connectivity index (χ3n) is 1.37. The predicted octanol–water partition coefficient (Wildman–Crippen LogP) is 1.62. The Morgan fingerprint density at radius 3 is 2.90 bits per heavy atom. The van der Waals surface area contributed by atoms with Gasteiger partial charge in [0.05, 0.1) is 0 Å². The van der Waals surface area contributed by atoms with Gasteiger partial charge < -0.3 is 4.98 Å². The van der Waals surface area contributed by atoms with Gasteiger partial charge in [-0.15, -0.1) is 0 Å². The van der Waals surface area contributed by atoms with Gasteiger partial charge in [-0.2, -0.15) is 0 Å². The number of hydrogen-bond donors (Lipinski definition) is 1. The first-order chi connectivity index (χ1) is 4.88. The lowest BCUT2D eigenvalue weighted by molar-refractivity contribution is -0.103. The number of aldehydes is 1. The highest BCUT2D eigenvalue weighted by Gasteiger charge is 1.96. The molecule has 0 fully saturated rings. The average Bonchev–Trinajstić information content (AvgIpc) is 2.43. The molecule has 0 bridgehead atoms. The lowest BCUT2D eigenvalue weighted by Crippen LogP contribution is -1.79. The van der Waals surface area contributed by atoms with Gasteiger partial charge in [-0.05, 0) is 13.0 Å². The van der Waals surface area contributed by atoms with E-state index >= 15 is 0 Å². The van der Waals surface area contributed by atoms with E-state index < -0.39 is 0 Å². The highest BCUT2D eigenvalue weighted by Crippen LogP contribution is 2.09. The van der Waals surface area contributed by atoms with Crippen LogP contribution in [0.15, 0.2) is 24.5 Å². The second-order valence-electron chi connectivity index (χ2n) is 1.96. The van der Waals surface area contributed by atoms with Gasteiger partial charge in [0, 0.05) is 23.5 Å². The molecule has 0 aliphatic carbocycles. The first-order valence-corrected chi connectivity index (χ1v) is 3.13. The van der Waals surface area contributed by atoms with Crippen LogP contribution in [-0.2, 0) is 4.79 Å². The summed E-state index contributed by atoms with van der Waals surface area (Å²) in [6.45, 7) is 1.84. The highest BCUT2D eigenvalue weighted by atomic mass is 16.1. The van der Waals surface area contributed by atoms with Crippen LogP contribution in [0.1, 0.15) is 12.5 Å². The number of allylic oxidation sites excluding steroid dienone is 2. The normalized spacial score (nSPS) is 11.5. The van der Waals surface area contributed by atoms with Crippen molar-refractivity contribution in [1.82, 2.24) is 4.98 Å². The lowest BCUT2D eigenvalue weighted by atomic mass is 10.1. The van der Waals surface area contributed by atoms with Crippen LogP contribution >= 0.6 is 0 Å². The summed E-state index contributed by atoms with van der Waals surface area (Å²) in [4.78, 5) is 13.2. The Morgan fingerprint density at radius 1 is 1.70 bits per heavy atom. The summed E-state index contributed by atoms with van der Waals surface area (Å²) in [6, 6.07) is 1.86. The van der Waals surface area contributed by atoms with Gasteiger partial charge in [0.1, 0.15) is 6.29 Å². The molecule has 0 spiro atoms. The first-order valence-electron chi connectivity index (χ1n) is 3.13. The topological polar surface area (TPSA) is 32.9 Å². The zero-order chi connectivity index (χ0) is 7.40. The zero-order valence-electron chi connectivity index (χ0n) is 5.79. The van der Waals surface area contributed by atoms with Gasteiger partial charge in [0.15, 0.2) is 0 Å². The zero-order valence-corrected chi connectivity index (χ0v) is 5.79. The van der Waals surface area contributed by atoms with E-state index in [1.807, 2.05) is 13.0 Å². The maximum Gasteiger partial charge on any atom is 0.150 e. The molecule has 1 aromatic heterocycles. The smallest absolute Gasteiger partial charge is 0.150 e. The Labute approximate surface area is 59.6 Å². The number of hydrogen-bond acceptors (Lipinski definition) is 1. The molecule has 0 aliphatic heterocycles. The molecule has 0 aliphatic rings. The molecular formula is C8H9NO. The molecule has 2 nitrogen and oxygen atoms in total. The van der Waals surface area contributed by atoms with Crippen molar-refractivity contribution in [2.24, 2.45) is 0 Å². The summed E-state index contributed by atoms with van der Waals surface area (Å²) >= 11 is 0.